The maximum atomic E-state index is 5.64. The van der Waals surface area contributed by atoms with E-state index in [9.17, 15) is 0 Å². The maximum Gasteiger partial charge on any atom is 0.667 e. The van der Waals surface area contributed by atoms with Crippen LogP contribution in [0.1, 0.15) is 0 Å². The average Bonchev–Trinajstić information content (AvgIpc) is 2.40. The average molecular weight is 246 g/mol. The third kappa shape index (κ3) is 3.58. The van der Waals surface area contributed by atoms with Crippen molar-refractivity contribution < 1.29 is 9.05 Å². The number of benzene rings is 2. The van der Waals surface area contributed by atoms with Gasteiger partial charge in [0, 0.05) is 0 Å². The summed E-state index contributed by atoms with van der Waals surface area (Å²) in [7, 11) is 0.406. The van der Waals surface area contributed by atoms with Crippen molar-refractivity contribution in [2.75, 3.05) is 7.05 Å². The number of rotatable bonds is 4. The second kappa shape index (κ2) is 6.02. The van der Waals surface area contributed by atoms with Gasteiger partial charge in [-0.05, 0) is 29.0 Å². The fourth-order valence-corrected chi connectivity index (χ4v) is 2.05. The zero-order chi connectivity index (χ0) is 11.9. The van der Waals surface area contributed by atoms with Crippen molar-refractivity contribution in [2.45, 2.75) is 0 Å². The smallest absolute Gasteiger partial charge is 0.236 e. The van der Waals surface area contributed by atoms with Gasteiger partial charge in [0.15, 0.2) is 11.5 Å². The van der Waals surface area contributed by atoms with E-state index in [1.165, 1.54) is 0 Å². The summed E-state index contributed by atoms with van der Waals surface area (Å²) in [5, 5.41) is 0. The van der Waals surface area contributed by atoms with Gasteiger partial charge in [-0.3, -0.25) is 0 Å². The van der Waals surface area contributed by atoms with Gasteiger partial charge in [-0.2, -0.15) is 0 Å². The quantitative estimate of drug-likeness (QED) is 0.754. The number of hydrogen-bond acceptors (Lipinski definition) is 3. The summed E-state index contributed by atoms with van der Waals surface area (Å²) in [6.45, 7) is 0. The Hall–Kier alpha value is -1.86. The molecule has 0 amide bonds. The first-order valence-electron chi connectivity index (χ1n) is 5.24. The highest BCUT2D eigenvalue weighted by Crippen LogP contribution is 2.32. The van der Waals surface area contributed by atoms with E-state index in [0.29, 0.717) is 0 Å². The molecule has 0 fully saturated rings. The van der Waals surface area contributed by atoms with Crippen molar-refractivity contribution in [3.8, 4) is 11.5 Å². The number of hydrogen-bond donors (Lipinski definition) is 0. The highest BCUT2D eigenvalue weighted by molar-refractivity contribution is 7.37. The van der Waals surface area contributed by atoms with Gasteiger partial charge < -0.3 is 0 Å². The van der Waals surface area contributed by atoms with Crippen LogP contribution in [0.3, 0.4) is 0 Å². The molecule has 0 atom stereocenters. The van der Waals surface area contributed by atoms with Crippen molar-refractivity contribution in [3.05, 3.63) is 60.7 Å². The fourth-order valence-electron chi connectivity index (χ4n) is 1.24. The minimum absolute atomic E-state index is 0.764. The van der Waals surface area contributed by atoms with E-state index in [1.807, 2.05) is 60.7 Å². The van der Waals surface area contributed by atoms with Crippen molar-refractivity contribution in [3.63, 3.8) is 0 Å². The number of para-hydroxylation sites is 2. The first-order chi connectivity index (χ1) is 8.38. The van der Waals surface area contributed by atoms with E-state index in [4.69, 9.17) is 9.05 Å². The highest BCUT2D eigenvalue weighted by Gasteiger charge is 2.19. The van der Waals surface area contributed by atoms with E-state index >= 15 is 0 Å². The lowest BCUT2D eigenvalue weighted by Gasteiger charge is -1.96. The van der Waals surface area contributed by atoms with E-state index in [-0.39, 0.29) is 0 Å². The molecule has 0 saturated heterocycles. The summed E-state index contributed by atoms with van der Waals surface area (Å²) < 4.78 is 15.4. The summed E-state index contributed by atoms with van der Waals surface area (Å²) in [6.07, 6.45) is 0. The van der Waals surface area contributed by atoms with Crippen LogP contribution < -0.4 is 9.05 Å². The van der Waals surface area contributed by atoms with Crippen LogP contribution in [0.15, 0.2) is 65.4 Å². The molecule has 2 aromatic carbocycles. The van der Waals surface area contributed by atoms with Crippen molar-refractivity contribution in [2.24, 2.45) is 4.74 Å². The lowest BCUT2D eigenvalue weighted by atomic mass is 10.3. The summed E-state index contributed by atoms with van der Waals surface area (Å²) in [5.74, 6) is 1.53. The molecular weight excluding hydrogens is 233 g/mol. The van der Waals surface area contributed by atoms with Crippen molar-refractivity contribution in [1.82, 2.24) is 0 Å². The van der Waals surface area contributed by atoms with Crippen LogP contribution >= 0.6 is 8.17 Å². The molecule has 0 saturated carbocycles. The second-order valence-electron chi connectivity index (χ2n) is 3.25. The molecule has 3 nitrogen and oxygen atoms in total. The third-order valence-electron chi connectivity index (χ3n) is 2.02. The fraction of sp³-hybridized carbons (Fsp3) is 0.0769. The van der Waals surface area contributed by atoms with Crippen LogP contribution in [0.4, 0.5) is 0 Å². The first-order valence-corrected chi connectivity index (χ1v) is 6.37. The zero-order valence-electron chi connectivity index (χ0n) is 9.48. The minimum Gasteiger partial charge on any atom is -0.236 e. The molecule has 0 spiro atoms. The molecule has 0 aliphatic carbocycles. The van der Waals surface area contributed by atoms with E-state index in [2.05, 4.69) is 4.74 Å². The first kappa shape index (κ1) is 11.6. The summed E-state index contributed by atoms with van der Waals surface area (Å²) >= 11 is 0. The van der Waals surface area contributed by atoms with Crippen LogP contribution in [0.5, 0.6) is 11.5 Å². The van der Waals surface area contributed by atoms with Gasteiger partial charge in [-0.1, -0.05) is 36.4 Å². The molecule has 0 heterocycles. The van der Waals surface area contributed by atoms with Crippen molar-refractivity contribution >= 4 is 8.17 Å². The van der Waals surface area contributed by atoms with Crippen LogP contribution in [0, 0.1) is 0 Å². The summed E-state index contributed by atoms with van der Waals surface area (Å²) in [4.78, 5) is 0. The Labute approximate surface area is 102 Å². The van der Waals surface area contributed by atoms with Crippen LogP contribution in [0.25, 0.3) is 0 Å². The summed E-state index contributed by atoms with van der Waals surface area (Å²) in [6, 6.07) is 19.1. The molecule has 0 aliphatic rings. The molecule has 0 bridgehead atoms. The van der Waals surface area contributed by atoms with Gasteiger partial charge in [0.1, 0.15) is 0 Å². The molecule has 0 aliphatic heterocycles. The Kier molecular flexibility index (Phi) is 4.11. The molecule has 86 valence electrons. The van der Waals surface area contributed by atoms with Gasteiger partial charge >= 0.3 is 8.17 Å². The molecule has 2 aromatic rings. The monoisotopic (exact) mass is 246 g/mol. The molecule has 0 aromatic heterocycles. The predicted octanol–water partition coefficient (Wildman–Crippen LogP) is 4.27. The van der Waals surface area contributed by atoms with Crippen LogP contribution in [-0.4, -0.2) is 7.05 Å². The molecule has 0 unspecified atom stereocenters. The predicted molar refractivity (Wildman–Crippen MR) is 69.4 cm³/mol. The van der Waals surface area contributed by atoms with E-state index < -0.39 is 8.17 Å². The Morgan fingerprint density at radius 2 is 1.18 bits per heavy atom. The van der Waals surface area contributed by atoms with Crippen LogP contribution in [0.2, 0.25) is 0 Å². The lowest BCUT2D eigenvalue weighted by Crippen LogP contribution is -1.88. The Morgan fingerprint density at radius 1 is 0.765 bits per heavy atom. The molecule has 0 radical (unpaired) electrons. The van der Waals surface area contributed by atoms with E-state index in [0.717, 1.165) is 11.5 Å². The standard InChI is InChI=1S/C13H13NO2P/c1-14-17(15-12-8-4-2-5-9-12)16-13-10-6-3-7-11-13/h2-11H,1H3/q+1. The van der Waals surface area contributed by atoms with Gasteiger partial charge in [0.2, 0.25) is 0 Å². The Morgan fingerprint density at radius 3 is 1.53 bits per heavy atom. The van der Waals surface area contributed by atoms with Gasteiger partial charge in [0.05, 0.1) is 7.05 Å². The highest BCUT2D eigenvalue weighted by atomic mass is 31.1. The summed E-state index contributed by atoms with van der Waals surface area (Å²) in [5.41, 5.74) is 0. The second-order valence-corrected chi connectivity index (χ2v) is 4.49. The van der Waals surface area contributed by atoms with Gasteiger partial charge in [0.25, 0.3) is 0 Å². The SMILES string of the molecule is CN=[P+](Oc1ccccc1)Oc1ccccc1. The molecule has 2 rings (SSSR count). The van der Waals surface area contributed by atoms with Crippen LogP contribution in [-0.2, 0) is 0 Å². The lowest BCUT2D eigenvalue weighted by molar-refractivity contribution is 0.501. The Bertz CT molecular complexity index is 442. The van der Waals surface area contributed by atoms with Crippen molar-refractivity contribution in [1.29, 1.82) is 0 Å². The van der Waals surface area contributed by atoms with Gasteiger partial charge in [-0.15, -0.1) is 0 Å². The normalized spacial score (nSPS) is 9.47. The maximum absolute atomic E-state index is 5.64. The molecule has 4 heteroatoms. The third-order valence-corrected chi connectivity index (χ3v) is 3.08. The van der Waals surface area contributed by atoms with E-state index in [1.54, 1.807) is 7.05 Å². The molecular formula is C13H13NO2P+. The number of nitrogens with zero attached hydrogens (tertiary/aromatic N) is 1. The molecule has 0 N–H and O–H groups in total. The minimum atomic E-state index is -1.29. The Balaban J connectivity index is 2.04. The molecule has 17 heavy (non-hydrogen) atoms. The zero-order valence-corrected chi connectivity index (χ0v) is 10.4. The largest absolute Gasteiger partial charge is 0.667 e. The topological polar surface area (TPSA) is 30.8 Å². The van der Waals surface area contributed by atoms with Gasteiger partial charge in [-0.25, -0.2) is 9.05 Å².